The van der Waals surface area contributed by atoms with Crippen LogP contribution in [0.15, 0.2) is 12.1 Å². The van der Waals surface area contributed by atoms with E-state index < -0.39 is 17.7 Å². The Morgan fingerprint density at radius 3 is 2.59 bits per heavy atom. The van der Waals surface area contributed by atoms with Crippen LogP contribution in [0.25, 0.3) is 0 Å². The molecule has 1 unspecified atom stereocenters. The SMILES string of the molecule is CCNC(=O)C(C)Nc1cc(F)c(C)cc1F. The van der Waals surface area contributed by atoms with E-state index in [0.29, 0.717) is 6.54 Å². The van der Waals surface area contributed by atoms with Crippen LogP contribution < -0.4 is 10.6 Å². The first-order valence-electron chi connectivity index (χ1n) is 5.45. The fraction of sp³-hybridized carbons (Fsp3) is 0.417. The standard InChI is InChI=1S/C12H16F2N2O/c1-4-15-12(17)8(3)16-11-6-9(13)7(2)5-10(11)14/h5-6,8,16H,4H2,1-3H3,(H,15,17). The molecule has 1 amide bonds. The second kappa shape index (κ2) is 5.61. The van der Waals surface area contributed by atoms with Crippen molar-refractivity contribution in [3.63, 3.8) is 0 Å². The third-order valence-electron chi connectivity index (χ3n) is 2.36. The van der Waals surface area contributed by atoms with Crippen LogP contribution in [0.1, 0.15) is 19.4 Å². The summed E-state index contributed by atoms with van der Waals surface area (Å²) >= 11 is 0. The largest absolute Gasteiger partial charge is 0.371 e. The Kier molecular flexibility index (Phi) is 4.43. The highest BCUT2D eigenvalue weighted by molar-refractivity contribution is 5.84. The predicted octanol–water partition coefficient (Wildman–Crippen LogP) is 2.21. The van der Waals surface area contributed by atoms with Crippen LogP contribution in [0.2, 0.25) is 0 Å². The summed E-state index contributed by atoms with van der Waals surface area (Å²) in [6, 6.07) is 1.54. The van der Waals surface area contributed by atoms with Crippen LogP contribution in [0.5, 0.6) is 0 Å². The van der Waals surface area contributed by atoms with Gasteiger partial charge in [0.2, 0.25) is 5.91 Å². The second-order valence-corrected chi connectivity index (χ2v) is 3.84. The maximum Gasteiger partial charge on any atom is 0.242 e. The predicted molar refractivity (Wildman–Crippen MR) is 62.9 cm³/mol. The molecule has 0 aliphatic carbocycles. The van der Waals surface area contributed by atoms with Crippen molar-refractivity contribution in [2.24, 2.45) is 0 Å². The number of benzene rings is 1. The van der Waals surface area contributed by atoms with Crippen molar-refractivity contribution in [1.82, 2.24) is 5.32 Å². The molecule has 0 saturated carbocycles. The summed E-state index contributed by atoms with van der Waals surface area (Å²) in [6.07, 6.45) is 0. The molecule has 0 aromatic heterocycles. The Hall–Kier alpha value is -1.65. The topological polar surface area (TPSA) is 41.1 Å². The third-order valence-corrected chi connectivity index (χ3v) is 2.36. The number of anilines is 1. The average molecular weight is 242 g/mol. The summed E-state index contributed by atoms with van der Waals surface area (Å²) in [7, 11) is 0. The first kappa shape index (κ1) is 13.4. The lowest BCUT2D eigenvalue weighted by Crippen LogP contribution is -2.37. The lowest BCUT2D eigenvalue weighted by Gasteiger charge is -2.15. The monoisotopic (exact) mass is 242 g/mol. The van der Waals surface area contributed by atoms with Crippen molar-refractivity contribution in [2.75, 3.05) is 11.9 Å². The van der Waals surface area contributed by atoms with Gasteiger partial charge in [-0.15, -0.1) is 0 Å². The highest BCUT2D eigenvalue weighted by Crippen LogP contribution is 2.19. The number of nitrogens with one attached hydrogen (secondary N) is 2. The Labute approximate surface area is 99.2 Å². The average Bonchev–Trinajstić information content (AvgIpc) is 2.26. The van der Waals surface area contributed by atoms with Crippen LogP contribution >= 0.6 is 0 Å². The summed E-state index contributed by atoms with van der Waals surface area (Å²) in [5.41, 5.74) is 0.227. The molecule has 1 aromatic carbocycles. The Bertz CT molecular complexity index is 421. The number of carbonyl (C=O) groups is 1. The minimum absolute atomic E-state index is 0.00754. The van der Waals surface area contributed by atoms with E-state index in [2.05, 4.69) is 10.6 Å². The Balaban J connectivity index is 2.81. The van der Waals surface area contributed by atoms with Crippen LogP contribution in [0.4, 0.5) is 14.5 Å². The van der Waals surface area contributed by atoms with Crippen LogP contribution in [0, 0.1) is 18.6 Å². The summed E-state index contributed by atoms with van der Waals surface area (Å²) in [4.78, 5) is 11.4. The second-order valence-electron chi connectivity index (χ2n) is 3.84. The van der Waals surface area contributed by atoms with E-state index in [1.807, 2.05) is 0 Å². The molecule has 0 fully saturated rings. The van der Waals surface area contributed by atoms with Gasteiger partial charge in [0.25, 0.3) is 0 Å². The van der Waals surface area contributed by atoms with E-state index in [4.69, 9.17) is 0 Å². The van der Waals surface area contributed by atoms with Crippen molar-refractivity contribution >= 4 is 11.6 Å². The zero-order valence-electron chi connectivity index (χ0n) is 10.1. The fourth-order valence-electron chi connectivity index (χ4n) is 1.38. The first-order valence-corrected chi connectivity index (χ1v) is 5.45. The van der Waals surface area contributed by atoms with Gasteiger partial charge in [-0.25, -0.2) is 8.78 Å². The van der Waals surface area contributed by atoms with Gasteiger partial charge >= 0.3 is 0 Å². The molecule has 0 saturated heterocycles. The van der Waals surface area contributed by atoms with Gasteiger partial charge in [0, 0.05) is 12.6 Å². The molecule has 0 aliphatic rings. The van der Waals surface area contributed by atoms with Crippen molar-refractivity contribution in [3.05, 3.63) is 29.3 Å². The van der Waals surface area contributed by atoms with E-state index in [-0.39, 0.29) is 17.2 Å². The minimum Gasteiger partial charge on any atom is -0.371 e. The minimum atomic E-state index is -0.619. The molecule has 0 aliphatic heterocycles. The molecular weight excluding hydrogens is 226 g/mol. The van der Waals surface area contributed by atoms with E-state index in [1.54, 1.807) is 13.8 Å². The quantitative estimate of drug-likeness (QED) is 0.850. The molecule has 0 heterocycles. The number of likely N-dealkylation sites (N-methyl/N-ethyl adjacent to an activating group) is 1. The smallest absolute Gasteiger partial charge is 0.242 e. The molecular formula is C12H16F2N2O. The van der Waals surface area contributed by atoms with Gasteiger partial charge in [0.1, 0.15) is 17.7 Å². The number of amides is 1. The number of hydrogen-bond donors (Lipinski definition) is 2. The van der Waals surface area contributed by atoms with Crippen LogP contribution in [-0.4, -0.2) is 18.5 Å². The lowest BCUT2D eigenvalue weighted by molar-refractivity contribution is -0.121. The molecule has 2 N–H and O–H groups in total. The molecule has 1 rings (SSSR count). The molecule has 0 spiro atoms. The normalized spacial score (nSPS) is 12.1. The summed E-state index contributed by atoms with van der Waals surface area (Å²) in [6.45, 7) is 5.35. The van der Waals surface area contributed by atoms with Crippen molar-refractivity contribution in [2.45, 2.75) is 26.8 Å². The van der Waals surface area contributed by atoms with Gasteiger partial charge in [0.15, 0.2) is 0 Å². The van der Waals surface area contributed by atoms with Crippen molar-refractivity contribution < 1.29 is 13.6 Å². The number of rotatable bonds is 4. The van der Waals surface area contributed by atoms with Gasteiger partial charge in [-0.2, -0.15) is 0 Å². The summed E-state index contributed by atoms with van der Waals surface area (Å²) in [5, 5.41) is 5.23. The Morgan fingerprint density at radius 2 is 2.00 bits per heavy atom. The molecule has 3 nitrogen and oxygen atoms in total. The van der Waals surface area contributed by atoms with Crippen molar-refractivity contribution in [1.29, 1.82) is 0 Å². The number of carbonyl (C=O) groups excluding carboxylic acids is 1. The molecule has 0 radical (unpaired) electrons. The molecule has 94 valence electrons. The van der Waals surface area contributed by atoms with E-state index in [9.17, 15) is 13.6 Å². The van der Waals surface area contributed by atoms with E-state index in [0.717, 1.165) is 12.1 Å². The maximum absolute atomic E-state index is 13.5. The first-order chi connectivity index (χ1) is 7.95. The summed E-state index contributed by atoms with van der Waals surface area (Å²) < 4.78 is 26.7. The highest BCUT2D eigenvalue weighted by Gasteiger charge is 2.14. The zero-order chi connectivity index (χ0) is 13.0. The molecule has 5 heteroatoms. The fourth-order valence-corrected chi connectivity index (χ4v) is 1.38. The molecule has 0 bridgehead atoms. The van der Waals surface area contributed by atoms with Crippen LogP contribution in [0.3, 0.4) is 0 Å². The van der Waals surface area contributed by atoms with Gasteiger partial charge in [-0.3, -0.25) is 4.79 Å². The maximum atomic E-state index is 13.5. The third kappa shape index (κ3) is 3.41. The van der Waals surface area contributed by atoms with Gasteiger partial charge in [-0.05, 0) is 32.4 Å². The highest BCUT2D eigenvalue weighted by atomic mass is 19.1. The molecule has 1 atom stereocenters. The lowest BCUT2D eigenvalue weighted by atomic mass is 10.2. The summed E-state index contributed by atoms with van der Waals surface area (Å²) in [5.74, 6) is -1.33. The molecule has 17 heavy (non-hydrogen) atoms. The van der Waals surface area contributed by atoms with Crippen LogP contribution in [-0.2, 0) is 4.79 Å². The number of hydrogen-bond acceptors (Lipinski definition) is 2. The van der Waals surface area contributed by atoms with Gasteiger partial charge in [-0.1, -0.05) is 0 Å². The van der Waals surface area contributed by atoms with Crippen molar-refractivity contribution in [3.8, 4) is 0 Å². The Morgan fingerprint density at radius 1 is 1.35 bits per heavy atom. The zero-order valence-corrected chi connectivity index (χ0v) is 10.1. The van der Waals surface area contributed by atoms with E-state index in [1.165, 1.54) is 6.92 Å². The number of halogens is 2. The van der Waals surface area contributed by atoms with E-state index >= 15 is 0 Å². The van der Waals surface area contributed by atoms with Gasteiger partial charge in [0.05, 0.1) is 5.69 Å². The number of aryl methyl sites for hydroxylation is 1. The van der Waals surface area contributed by atoms with Gasteiger partial charge < -0.3 is 10.6 Å². The molecule has 1 aromatic rings.